The molecule has 0 saturated carbocycles. The fourth-order valence-electron chi connectivity index (χ4n) is 0.695. The topological polar surface area (TPSA) is 29.5 Å². The smallest absolute Gasteiger partial charge is 0.508 e. The van der Waals surface area contributed by atoms with Gasteiger partial charge in [0, 0.05) is 6.07 Å². The van der Waals surface area contributed by atoms with E-state index >= 15 is 0 Å². The van der Waals surface area contributed by atoms with E-state index in [1.807, 2.05) is 0 Å². The van der Waals surface area contributed by atoms with Crippen molar-refractivity contribution < 1.29 is 23.0 Å². The Morgan fingerprint density at radius 1 is 1.31 bits per heavy atom. The zero-order chi connectivity index (χ0) is 10.1. The molecule has 0 unspecified atom stereocenters. The number of ether oxygens (including phenoxy) is 1. The highest BCUT2D eigenvalue weighted by atomic mass is 35.5. The van der Waals surface area contributed by atoms with E-state index in [-0.39, 0.29) is 10.8 Å². The maximum atomic E-state index is 11.7. The Morgan fingerprint density at radius 2 is 1.92 bits per heavy atom. The fraction of sp³-hybridized carbons (Fsp3) is 0.143. The van der Waals surface area contributed by atoms with Crippen LogP contribution in [0.3, 0.4) is 0 Å². The monoisotopic (exact) mass is 212 g/mol. The Labute approximate surface area is 76.5 Å². The number of aromatic hydroxyl groups is 1. The largest absolute Gasteiger partial charge is 0.573 e. The average molecular weight is 213 g/mol. The van der Waals surface area contributed by atoms with Gasteiger partial charge in [-0.05, 0) is 12.1 Å². The molecule has 1 aromatic rings. The summed E-state index contributed by atoms with van der Waals surface area (Å²) in [6.45, 7) is 0. The van der Waals surface area contributed by atoms with Gasteiger partial charge in [-0.15, -0.1) is 13.2 Å². The van der Waals surface area contributed by atoms with Gasteiger partial charge in [0.1, 0.15) is 5.75 Å². The molecule has 0 radical (unpaired) electrons. The first-order valence-electron chi connectivity index (χ1n) is 3.13. The average Bonchev–Trinajstić information content (AvgIpc) is 1.94. The highest BCUT2D eigenvalue weighted by Crippen LogP contribution is 2.32. The lowest BCUT2D eigenvalue weighted by molar-refractivity contribution is -0.274. The molecule has 1 N–H and O–H groups in total. The van der Waals surface area contributed by atoms with Crippen molar-refractivity contribution in [2.75, 3.05) is 0 Å². The van der Waals surface area contributed by atoms with Crippen LogP contribution in [0.15, 0.2) is 18.2 Å². The minimum Gasteiger partial charge on any atom is -0.508 e. The molecule has 1 rings (SSSR count). The second kappa shape index (κ2) is 3.33. The lowest BCUT2D eigenvalue weighted by Crippen LogP contribution is -2.17. The summed E-state index contributed by atoms with van der Waals surface area (Å²) in [6, 6.07) is 3.05. The van der Waals surface area contributed by atoms with Crippen molar-refractivity contribution in [1.29, 1.82) is 0 Å². The Hall–Kier alpha value is -1.10. The SMILES string of the molecule is Oc1ccc(Cl)c(OC(F)(F)F)c1. The lowest BCUT2D eigenvalue weighted by atomic mass is 10.3. The van der Waals surface area contributed by atoms with Gasteiger partial charge in [0.25, 0.3) is 0 Å². The summed E-state index contributed by atoms with van der Waals surface area (Å²) in [7, 11) is 0. The molecule has 0 heterocycles. The van der Waals surface area contributed by atoms with Crippen LogP contribution >= 0.6 is 11.6 Å². The second-order valence-corrected chi connectivity index (χ2v) is 2.57. The highest BCUT2D eigenvalue weighted by Gasteiger charge is 2.32. The van der Waals surface area contributed by atoms with Crippen LogP contribution in [-0.4, -0.2) is 11.5 Å². The number of benzene rings is 1. The van der Waals surface area contributed by atoms with Gasteiger partial charge in [-0.1, -0.05) is 11.6 Å². The molecule has 0 fully saturated rings. The number of phenols is 1. The van der Waals surface area contributed by atoms with Crippen molar-refractivity contribution in [3.8, 4) is 11.5 Å². The van der Waals surface area contributed by atoms with Gasteiger partial charge in [0.05, 0.1) is 5.02 Å². The molecule has 0 spiro atoms. The minimum absolute atomic E-state index is 0.213. The number of halogens is 4. The molecule has 0 bridgehead atoms. The Balaban J connectivity index is 2.94. The van der Waals surface area contributed by atoms with Crippen molar-refractivity contribution >= 4 is 11.6 Å². The summed E-state index contributed by atoms with van der Waals surface area (Å²) in [4.78, 5) is 0. The van der Waals surface area contributed by atoms with Crippen LogP contribution < -0.4 is 4.74 Å². The number of hydrogen-bond donors (Lipinski definition) is 1. The minimum atomic E-state index is -4.81. The third-order valence-corrected chi connectivity index (χ3v) is 1.45. The Morgan fingerprint density at radius 3 is 2.46 bits per heavy atom. The normalized spacial score (nSPS) is 11.4. The number of phenolic OH excluding ortho intramolecular Hbond substituents is 1. The van der Waals surface area contributed by atoms with Crippen molar-refractivity contribution in [2.24, 2.45) is 0 Å². The summed E-state index contributed by atoms with van der Waals surface area (Å²) in [6.07, 6.45) is -4.81. The quantitative estimate of drug-likeness (QED) is 0.776. The lowest BCUT2D eigenvalue weighted by Gasteiger charge is -2.09. The zero-order valence-electron chi connectivity index (χ0n) is 6.10. The first kappa shape index (κ1) is 9.98. The van der Waals surface area contributed by atoms with Crippen molar-refractivity contribution in [2.45, 2.75) is 6.36 Å². The van der Waals surface area contributed by atoms with Crippen LogP contribution in [0.1, 0.15) is 0 Å². The number of rotatable bonds is 1. The molecule has 0 atom stereocenters. The van der Waals surface area contributed by atoms with E-state index in [0.29, 0.717) is 0 Å². The van der Waals surface area contributed by atoms with Gasteiger partial charge in [-0.2, -0.15) is 0 Å². The maximum absolute atomic E-state index is 11.7. The molecule has 72 valence electrons. The summed E-state index contributed by atoms with van der Waals surface area (Å²) in [5.41, 5.74) is 0. The summed E-state index contributed by atoms with van der Waals surface area (Å²) >= 11 is 5.37. The van der Waals surface area contributed by atoms with E-state index in [9.17, 15) is 13.2 Å². The molecule has 0 aromatic heterocycles. The second-order valence-electron chi connectivity index (χ2n) is 2.16. The zero-order valence-corrected chi connectivity index (χ0v) is 6.86. The number of hydrogen-bond acceptors (Lipinski definition) is 2. The highest BCUT2D eigenvalue weighted by molar-refractivity contribution is 6.32. The van der Waals surface area contributed by atoms with E-state index in [0.717, 1.165) is 18.2 Å². The molecule has 0 aliphatic heterocycles. The Kier molecular flexibility index (Phi) is 2.56. The van der Waals surface area contributed by atoms with Crippen LogP contribution in [0.2, 0.25) is 5.02 Å². The Bertz CT molecular complexity index is 311. The molecule has 6 heteroatoms. The molecule has 0 amide bonds. The molecule has 0 aliphatic carbocycles. The standard InChI is InChI=1S/C7H4ClF3O2/c8-5-2-1-4(12)3-6(5)13-7(9,10)11/h1-3,12H. The maximum Gasteiger partial charge on any atom is 0.573 e. The predicted octanol–water partition coefficient (Wildman–Crippen LogP) is 2.94. The summed E-state index contributed by atoms with van der Waals surface area (Å²) in [5, 5.41) is 8.62. The molecular formula is C7H4ClF3O2. The van der Waals surface area contributed by atoms with Crippen molar-refractivity contribution in [3.63, 3.8) is 0 Å². The first-order valence-corrected chi connectivity index (χ1v) is 3.50. The van der Waals surface area contributed by atoms with E-state index in [1.54, 1.807) is 0 Å². The van der Waals surface area contributed by atoms with E-state index in [2.05, 4.69) is 4.74 Å². The van der Waals surface area contributed by atoms with Gasteiger partial charge >= 0.3 is 6.36 Å². The van der Waals surface area contributed by atoms with Gasteiger partial charge < -0.3 is 9.84 Å². The summed E-state index contributed by atoms with van der Waals surface area (Å²) in [5.74, 6) is -0.960. The number of alkyl halides is 3. The first-order chi connectivity index (χ1) is 5.88. The van der Waals surface area contributed by atoms with Crippen LogP contribution in [0.4, 0.5) is 13.2 Å². The molecular weight excluding hydrogens is 209 g/mol. The van der Waals surface area contributed by atoms with Gasteiger partial charge in [-0.3, -0.25) is 0 Å². The molecule has 0 aliphatic rings. The third-order valence-electron chi connectivity index (χ3n) is 1.14. The fourth-order valence-corrected chi connectivity index (χ4v) is 0.851. The van der Waals surface area contributed by atoms with Gasteiger partial charge in [0.15, 0.2) is 5.75 Å². The van der Waals surface area contributed by atoms with Gasteiger partial charge in [-0.25, -0.2) is 0 Å². The molecule has 2 nitrogen and oxygen atoms in total. The van der Waals surface area contributed by atoms with E-state index in [4.69, 9.17) is 16.7 Å². The van der Waals surface area contributed by atoms with Crippen LogP contribution in [0.25, 0.3) is 0 Å². The van der Waals surface area contributed by atoms with Crippen LogP contribution in [0.5, 0.6) is 11.5 Å². The van der Waals surface area contributed by atoms with Crippen LogP contribution in [0, 0.1) is 0 Å². The van der Waals surface area contributed by atoms with Crippen molar-refractivity contribution in [1.82, 2.24) is 0 Å². The molecule has 0 saturated heterocycles. The van der Waals surface area contributed by atoms with Crippen LogP contribution in [-0.2, 0) is 0 Å². The summed E-state index contributed by atoms with van der Waals surface area (Å²) < 4.78 is 38.6. The van der Waals surface area contributed by atoms with Crippen molar-refractivity contribution in [3.05, 3.63) is 23.2 Å². The van der Waals surface area contributed by atoms with E-state index < -0.39 is 12.1 Å². The molecule has 13 heavy (non-hydrogen) atoms. The predicted molar refractivity (Wildman–Crippen MR) is 39.8 cm³/mol. The van der Waals surface area contributed by atoms with E-state index in [1.165, 1.54) is 0 Å². The third kappa shape index (κ3) is 3.02. The molecule has 1 aromatic carbocycles. The van der Waals surface area contributed by atoms with Gasteiger partial charge in [0.2, 0.25) is 0 Å².